The quantitative estimate of drug-likeness (QED) is 0.899. The second-order valence-electron chi connectivity index (χ2n) is 5.78. The van der Waals surface area contributed by atoms with E-state index in [0.29, 0.717) is 29.8 Å². The zero-order chi connectivity index (χ0) is 15.6. The Morgan fingerprint density at radius 2 is 2.00 bits per heavy atom. The van der Waals surface area contributed by atoms with Crippen LogP contribution < -0.4 is 0 Å². The third-order valence-electron chi connectivity index (χ3n) is 4.00. The minimum absolute atomic E-state index is 0.129. The Morgan fingerprint density at radius 1 is 1.38 bits per heavy atom. The van der Waals surface area contributed by atoms with Gasteiger partial charge < -0.3 is 5.11 Å². The first-order valence-corrected chi connectivity index (χ1v) is 9.37. The summed E-state index contributed by atoms with van der Waals surface area (Å²) < 4.78 is 26.9. The van der Waals surface area contributed by atoms with Crippen LogP contribution in [0.4, 0.5) is 0 Å². The van der Waals surface area contributed by atoms with Crippen LogP contribution in [0.5, 0.6) is 0 Å². The molecule has 0 bridgehead atoms. The topological polar surface area (TPSA) is 74.7 Å². The summed E-state index contributed by atoms with van der Waals surface area (Å²) in [5.41, 5.74) is 0. The molecule has 1 aromatic heterocycles. The highest BCUT2D eigenvalue weighted by atomic mass is 32.2. The fraction of sp³-hybridized carbons (Fsp3) is 0.643. The first-order valence-electron chi connectivity index (χ1n) is 7.11. The molecule has 1 aromatic rings. The number of carboxylic acids is 1. The third kappa shape index (κ3) is 3.84. The number of piperidine rings is 1. The summed E-state index contributed by atoms with van der Waals surface area (Å²) in [6.07, 6.45) is 1.66. The predicted octanol–water partition coefficient (Wildman–Crippen LogP) is 2.43. The number of aliphatic carboxylic acids is 1. The largest absolute Gasteiger partial charge is 0.481 e. The van der Waals surface area contributed by atoms with Gasteiger partial charge in [0.05, 0.1) is 6.42 Å². The summed E-state index contributed by atoms with van der Waals surface area (Å²) in [6.45, 7) is 5.45. The van der Waals surface area contributed by atoms with Gasteiger partial charge in [0.1, 0.15) is 4.21 Å². The van der Waals surface area contributed by atoms with Gasteiger partial charge in [0.25, 0.3) is 10.0 Å². The highest BCUT2D eigenvalue weighted by molar-refractivity contribution is 7.91. The highest BCUT2D eigenvalue weighted by Crippen LogP contribution is 2.30. The molecule has 7 heteroatoms. The Bertz CT molecular complexity index is 598. The number of thiophene rings is 1. The Balaban J connectivity index is 2.08. The summed E-state index contributed by atoms with van der Waals surface area (Å²) in [5, 5.41) is 8.76. The molecular formula is C14H21NO4S2. The number of carboxylic acid groups (broad SMARTS) is 1. The lowest BCUT2D eigenvalue weighted by molar-refractivity contribution is -0.136. The van der Waals surface area contributed by atoms with Crippen LogP contribution in [0.1, 0.15) is 31.6 Å². The summed E-state index contributed by atoms with van der Waals surface area (Å²) in [6, 6.07) is 3.11. The van der Waals surface area contributed by atoms with Gasteiger partial charge in [-0.2, -0.15) is 4.31 Å². The second kappa shape index (κ2) is 6.46. The van der Waals surface area contributed by atoms with Crippen molar-refractivity contribution in [3.8, 4) is 0 Å². The maximum Gasteiger partial charge on any atom is 0.308 e. The van der Waals surface area contributed by atoms with Crippen molar-refractivity contribution >= 4 is 27.3 Å². The minimum Gasteiger partial charge on any atom is -0.481 e. The summed E-state index contributed by atoms with van der Waals surface area (Å²) in [5.74, 6) is 0.222. The molecule has 1 aliphatic rings. The highest BCUT2D eigenvalue weighted by Gasteiger charge is 2.31. The van der Waals surface area contributed by atoms with E-state index >= 15 is 0 Å². The number of nitrogens with zero attached hydrogens (tertiary/aromatic N) is 1. The number of rotatable bonds is 5. The molecule has 118 valence electrons. The van der Waals surface area contributed by atoms with Gasteiger partial charge in [-0.05, 0) is 36.8 Å². The number of carbonyl (C=O) groups is 1. The van der Waals surface area contributed by atoms with Crippen molar-refractivity contribution in [3.63, 3.8) is 0 Å². The van der Waals surface area contributed by atoms with E-state index in [-0.39, 0.29) is 10.6 Å². The number of sulfonamides is 1. The molecule has 1 saturated heterocycles. The van der Waals surface area contributed by atoms with Crippen molar-refractivity contribution in [2.24, 2.45) is 11.8 Å². The van der Waals surface area contributed by atoms with E-state index < -0.39 is 16.0 Å². The van der Waals surface area contributed by atoms with E-state index in [4.69, 9.17) is 5.11 Å². The van der Waals surface area contributed by atoms with Gasteiger partial charge in [-0.15, -0.1) is 11.3 Å². The molecule has 0 unspecified atom stereocenters. The second-order valence-corrected chi connectivity index (χ2v) is 9.11. The van der Waals surface area contributed by atoms with Crippen LogP contribution in [0.2, 0.25) is 0 Å². The van der Waals surface area contributed by atoms with Crippen molar-refractivity contribution in [1.29, 1.82) is 0 Å². The van der Waals surface area contributed by atoms with E-state index in [2.05, 4.69) is 13.8 Å². The maximum absolute atomic E-state index is 12.6. The minimum atomic E-state index is -3.47. The first kappa shape index (κ1) is 16.5. The van der Waals surface area contributed by atoms with Gasteiger partial charge in [-0.1, -0.05) is 13.8 Å². The van der Waals surface area contributed by atoms with Crippen LogP contribution in [0.25, 0.3) is 0 Å². The molecule has 1 N–H and O–H groups in total. The van der Waals surface area contributed by atoms with E-state index in [0.717, 1.165) is 24.2 Å². The van der Waals surface area contributed by atoms with Gasteiger partial charge in [0.15, 0.2) is 0 Å². The lowest BCUT2D eigenvalue weighted by atomic mass is 9.87. The van der Waals surface area contributed by atoms with Crippen LogP contribution in [-0.2, 0) is 21.2 Å². The molecule has 0 amide bonds. The lowest BCUT2D eigenvalue weighted by Crippen LogP contribution is -2.39. The molecule has 0 saturated carbocycles. The van der Waals surface area contributed by atoms with Crippen molar-refractivity contribution in [3.05, 3.63) is 17.0 Å². The Labute approximate surface area is 129 Å². The average molecular weight is 331 g/mol. The van der Waals surface area contributed by atoms with E-state index in [9.17, 15) is 13.2 Å². The van der Waals surface area contributed by atoms with Crippen molar-refractivity contribution in [2.75, 3.05) is 13.1 Å². The summed E-state index contributed by atoms with van der Waals surface area (Å²) in [7, 11) is -3.47. The van der Waals surface area contributed by atoms with Gasteiger partial charge in [-0.3, -0.25) is 4.79 Å². The predicted molar refractivity (Wildman–Crippen MR) is 82.0 cm³/mol. The molecule has 5 nitrogen and oxygen atoms in total. The Morgan fingerprint density at radius 3 is 2.52 bits per heavy atom. The van der Waals surface area contributed by atoms with Crippen molar-refractivity contribution in [1.82, 2.24) is 4.31 Å². The maximum atomic E-state index is 12.6. The van der Waals surface area contributed by atoms with E-state index in [1.807, 2.05) is 0 Å². The molecule has 21 heavy (non-hydrogen) atoms. The van der Waals surface area contributed by atoms with Crippen LogP contribution >= 0.6 is 11.3 Å². The van der Waals surface area contributed by atoms with E-state index in [1.54, 1.807) is 6.07 Å². The molecule has 0 aromatic carbocycles. The molecule has 0 atom stereocenters. The molecule has 1 fully saturated rings. The zero-order valence-electron chi connectivity index (χ0n) is 12.3. The number of hydrogen-bond acceptors (Lipinski definition) is 4. The lowest BCUT2D eigenvalue weighted by Gasteiger charge is -2.32. The van der Waals surface area contributed by atoms with Crippen LogP contribution in [-0.4, -0.2) is 36.9 Å². The molecule has 0 spiro atoms. The van der Waals surface area contributed by atoms with Crippen molar-refractivity contribution < 1.29 is 18.3 Å². The molecule has 0 radical (unpaired) electrons. The zero-order valence-corrected chi connectivity index (χ0v) is 13.9. The molecule has 1 aliphatic heterocycles. The van der Waals surface area contributed by atoms with Gasteiger partial charge >= 0.3 is 5.97 Å². The number of hydrogen-bond donors (Lipinski definition) is 1. The molecule has 2 heterocycles. The summed E-state index contributed by atoms with van der Waals surface area (Å²) >= 11 is 1.06. The van der Waals surface area contributed by atoms with Gasteiger partial charge in [0, 0.05) is 18.0 Å². The normalized spacial score (nSPS) is 18.2. The molecular weight excluding hydrogens is 310 g/mol. The van der Waals surface area contributed by atoms with E-state index in [1.165, 1.54) is 10.4 Å². The first-order chi connectivity index (χ1) is 9.80. The SMILES string of the molecule is CC(C)C1CCN(S(=O)(=O)c2ccc(CC(=O)O)s2)CC1. The smallest absolute Gasteiger partial charge is 0.308 e. The van der Waals surface area contributed by atoms with Crippen LogP contribution in [0, 0.1) is 11.8 Å². The summed E-state index contributed by atoms with van der Waals surface area (Å²) in [4.78, 5) is 11.2. The monoisotopic (exact) mass is 331 g/mol. The molecule has 2 rings (SSSR count). The Hall–Kier alpha value is -0.920. The fourth-order valence-corrected chi connectivity index (χ4v) is 5.62. The van der Waals surface area contributed by atoms with Crippen molar-refractivity contribution in [2.45, 2.75) is 37.3 Å². The Kier molecular flexibility index (Phi) is 5.06. The van der Waals surface area contributed by atoms with Gasteiger partial charge in [-0.25, -0.2) is 8.42 Å². The molecule has 0 aliphatic carbocycles. The third-order valence-corrected chi connectivity index (χ3v) is 7.45. The average Bonchev–Trinajstić information content (AvgIpc) is 2.87. The fourth-order valence-electron chi connectivity index (χ4n) is 2.65. The standard InChI is InChI=1S/C14H21NO4S2/c1-10(2)11-5-7-15(8-6-11)21(18,19)14-4-3-12(20-14)9-13(16)17/h3-4,10-11H,5-9H2,1-2H3,(H,16,17). The van der Waals surface area contributed by atoms with Gasteiger partial charge in [0.2, 0.25) is 0 Å². The van der Waals surface area contributed by atoms with Crippen LogP contribution in [0.15, 0.2) is 16.3 Å². The van der Waals surface area contributed by atoms with Crippen LogP contribution in [0.3, 0.4) is 0 Å².